The predicted octanol–water partition coefficient (Wildman–Crippen LogP) is 4.64. The fourth-order valence-corrected chi connectivity index (χ4v) is 3.81. The van der Waals surface area contributed by atoms with Crippen LogP contribution in [-0.4, -0.2) is 34.3 Å². The minimum atomic E-state index is -0.222. The number of aromatic nitrogens is 3. The number of nitrogens with one attached hydrogen (secondary N) is 3. The molecule has 0 radical (unpaired) electrons. The zero-order chi connectivity index (χ0) is 21.8. The van der Waals surface area contributed by atoms with E-state index in [2.05, 4.69) is 50.8 Å². The Morgan fingerprint density at radius 2 is 1.91 bits per heavy atom. The molecule has 2 heterocycles. The Kier molecular flexibility index (Phi) is 7.89. The fraction of sp³-hybridized carbons (Fsp3) is 0.250. The number of guanidine groups is 1. The van der Waals surface area contributed by atoms with Crippen molar-refractivity contribution >= 4 is 40.8 Å². The second-order valence-corrected chi connectivity index (χ2v) is 7.57. The van der Waals surface area contributed by atoms with Gasteiger partial charge in [-0.1, -0.05) is 18.2 Å². The lowest BCUT2D eigenvalue weighted by atomic mass is 10.1. The third kappa shape index (κ3) is 5.29. The summed E-state index contributed by atoms with van der Waals surface area (Å²) < 4.78 is 15.5. The van der Waals surface area contributed by atoms with Crippen molar-refractivity contribution in [2.75, 3.05) is 13.6 Å². The third-order valence-electron chi connectivity index (χ3n) is 5.32. The number of H-pyrrole nitrogens is 1. The van der Waals surface area contributed by atoms with Gasteiger partial charge in [0, 0.05) is 42.9 Å². The van der Waals surface area contributed by atoms with Crippen LogP contribution >= 0.6 is 24.0 Å². The summed E-state index contributed by atoms with van der Waals surface area (Å²) in [6.07, 6.45) is 2.69. The van der Waals surface area contributed by atoms with Crippen LogP contribution in [0.25, 0.3) is 16.6 Å². The molecule has 2 aromatic carbocycles. The highest BCUT2D eigenvalue weighted by Crippen LogP contribution is 2.20. The van der Waals surface area contributed by atoms with Gasteiger partial charge in [-0.2, -0.15) is 5.10 Å². The van der Waals surface area contributed by atoms with Crippen LogP contribution in [0.2, 0.25) is 0 Å². The van der Waals surface area contributed by atoms with Gasteiger partial charge in [-0.15, -0.1) is 24.0 Å². The first-order valence-electron chi connectivity index (χ1n) is 10.4. The van der Waals surface area contributed by atoms with E-state index in [1.165, 1.54) is 6.07 Å². The molecule has 0 bridgehead atoms. The van der Waals surface area contributed by atoms with Crippen LogP contribution in [0.5, 0.6) is 0 Å². The first kappa shape index (κ1) is 23.8. The maximum absolute atomic E-state index is 13.6. The lowest BCUT2D eigenvalue weighted by Crippen LogP contribution is -2.38. The maximum atomic E-state index is 13.6. The Morgan fingerprint density at radius 3 is 2.66 bits per heavy atom. The molecule has 4 rings (SSSR count). The van der Waals surface area contributed by atoms with E-state index < -0.39 is 0 Å². The van der Waals surface area contributed by atoms with Crippen molar-refractivity contribution in [2.24, 2.45) is 4.99 Å². The van der Waals surface area contributed by atoms with Gasteiger partial charge in [-0.3, -0.25) is 4.99 Å². The van der Waals surface area contributed by atoms with Gasteiger partial charge in [0.2, 0.25) is 0 Å². The number of halogens is 2. The number of nitrogens with zero attached hydrogens (tertiary/aromatic N) is 3. The molecule has 32 heavy (non-hydrogen) atoms. The van der Waals surface area contributed by atoms with Crippen molar-refractivity contribution in [1.29, 1.82) is 0 Å². The number of aliphatic imine (C=N–C) groups is 1. The van der Waals surface area contributed by atoms with Crippen LogP contribution in [0.4, 0.5) is 4.39 Å². The van der Waals surface area contributed by atoms with Crippen molar-refractivity contribution in [1.82, 2.24) is 25.4 Å². The van der Waals surface area contributed by atoms with Gasteiger partial charge in [0.25, 0.3) is 0 Å². The van der Waals surface area contributed by atoms with Gasteiger partial charge in [-0.05, 0) is 61.7 Å². The van der Waals surface area contributed by atoms with Gasteiger partial charge >= 0.3 is 0 Å². The molecule has 0 saturated carbocycles. The van der Waals surface area contributed by atoms with Gasteiger partial charge in [0.1, 0.15) is 5.82 Å². The molecule has 8 heteroatoms. The van der Waals surface area contributed by atoms with Crippen LogP contribution in [0.15, 0.2) is 59.7 Å². The van der Waals surface area contributed by atoms with Gasteiger partial charge in [0.15, 0.2) is 5.96 Å². The molecule has 0 spiro atoms. The zero-order valence-corrected chi connectivity index (χ0v) is 20.8. The van der Waals surface area contributed by atoms with Crippen LogP contribution < -0.4 is 10.6 Å². The van der Waals surface area contributed by atoms with E-state index in [1.54, 1.807) is 19.2 Å². The average molecular weight is 546 g/mol. The number of aromatic amines is 1. The summed E-state index contributed by atoms with van der Waals surface area (Å²) in [5.41, 5.74) is 6.30. The molecule has 0 fully saturated rings. The van der Waals surface area contributed by atoms with Gasteiger partial charge in [-0.25, -0.2) is 9.07 Å². The van der Waals surface area contributed by atoms with Gasteiger partial charge in [0.05, 0.1) is 11.4 Å². The third-order valence-corrected chi connectivity index (χ3v) is 5.32. The maximum Gasteiger partial charge on any atom is 0.191 e. The van der Waals surface area contributed by atoms with Crippen molar-refractivity contribution in [3.05, 3.63) is 83.1 Å². The first-order chi connectivity index (χ1) is 15.0. The van der Waals surface area contributed by atoms with Crippen LogP contribution in [0, 0.1) is 19.7 Å². The lowest BCUT2D eigenvalue weighted by Gasteiger charge is -2.15. The van der Waals surface area contributed by atoms with E-state index in [4.69, 9.17) is 0 Å². The number of benzene rings is 2. The molecule has 2 aromatic heterocycles. The predicted molar refractivity (Wildman–Crippen MR) is 139 cm³/mol. The SMILES string of the molecule is CN=C(NCCc1c[nH]c2ccc(F)cc12)NCc1ccccc1-n1nc(C)cc1C.I. The monoisotopic (exact) mass is 546 g/mol. The van der Waals surface area contributed by atoms with E-state index in [9.17, 15) is 4.39 Å². The summed E-state index contributed by atoms with van der Waals surface area (Å²) in [6, 6.07) is 15.1. The number of para-hydroxylation sites is 1. The highest BCUT2D eigenvalue weighted by Gasteiger charge is 2.10. The minimum Gasteiger partial charge on any atom is -0.361 e. The van der Waals surface area contributed by atoms with Crippen LogP contribution in [0.3, 0.4) is 0 Å². The Bertz CT molecular complexity index is 1230. The molecule has 0 atom stereocenters. The number of fused-ring (bicyclic) bond motifs is 1. The number of aryl methyl sites for hydroxylation is 2. The molecule has 0 unspecified atom stereocenters. The average Bonchev–Trinajstić information content (AvgIpc) is 3.32. The van der Waals surface area contributed by atoms with Crippen LogP contribution in [-0.2, 0) is 13.0 Å². The minimum absolute atomic E-state index is 0. The summed E-state index contributed by atoms with van der Waals surface area (Å²) in [5, 5.41) is 12.3. The molecular weight excluding hydrogens is 518 g/mol. The molecule has 0 amide bonds. The van der Waals surface area contributed by atoms with E-state index >= 15 is 0 Å². The molecule has 168 valence electrons. The molecular formula is C24H28FIN6. The van der Waals surface area contributed by atoms with Crippen molar-refractivity contribution in [3.63, 3.8) is 0 Å². The summed E-state index contributed by atoms with van der Waals surface area (Å²) in [7, 11) is 1.75. The van der Waals surface area contributed by atoms with Crippen molar-refractivity contribution in [3.8, 4) is 5.69 Å². The summed E-state index contributed by atoms with van der Waals surface area (Å²) in [6.45, 7) is 5.36. The quantitative estimate of drug-likeness (QED) is 0.188. The first-order valence-corrected chi connectivity index (χ1v) is 10.4. The second kappa shape index (κ2) is 10.6. The Morgan fingerprint density at radius 1 is 1.09 bits per heavy atom. The van der Waals surface area contributed by atoms with E-state index in [1.807, 2.05) is 29.9 Å². The highest BCUT2D eigenvalue weighted by molar-refractivity contribution is 14.0. The molecule has 0 aliphatic carbocycles. The Hall–Kier alpha value is -2.88. The molecule has 3 N–H and O–H groups in total. The Balaban J connectivity index is 0.00000289. The van der Waals surface area contributed by atoms with Crippen molar-refractivity contribution in [2.45, 2.75) is 26.8 Å². The molecule has 4 aromatic rings. The summed E-state index contributed by atoms with van der Waals surface area (Å²) in [5.74, 6) is 0.495. The van der Waals surface area contributed by atoms with Crippen LogP contribution in [0.1, 0.15) is 22.5 Å². The zero-order valence-electron chi connectivity index (χ0n) is 18.4. The molecule has 0 saturated heterocycles. The molecule has 0 aliphatic heterocycles. The Labute approximate surface area is 204 Å². The van der Waals surface area contributed by atoms with E-state index in [0.717, 1.165) is 45.5 Å². The fourth-order valence-electron chi connectivity index (χ4n) is 3.81. The van der Waals surface area contributed by atoms with E-state index in [-0.39, 0.29) is 29.8 Å². The normalized spacial score (nSPS) is 11.4. The molecule has 6 nitrogen and oxygen atoms in total. The van der Waals surface area contributed by atoms with Gasteiger partial charge < -0.3 is 15.6 Å². The smallest absolute Gasteiger partial charge is 0.191 e. The molecule has 0 aliphatic rings. The summed E-state index contributed by atoms with van der Waals surface area (Å²) >= 11 is 0. The standard InChI is InChI=1S/C24H27FN6.HI/c1-16-12-17(2)31(30-16)23-7-5-4-6-19(23)15-29-24(26-3)27-11-10-18-14-28-22-9-8-20(25)13-21(18)22;/h4-9,12-14,28H,10-11,15H2,1-3H3,(H2,26,27,29);1H. The summed E-state index contributed by atoms with van der Waals surface area (Å²) in [4.78, 5) is 7.52. The lowest BCUT2D eigenvalue weighted by molar-refractivity contribution is 0.629. The van der Waals surface area contributed by atoms with E-state index in [0.29, 0.717) is 19.0 Å². The number of hydrogen-bond donors (Lipinski definition) is 3. The number of rotatable bonds is 6. The second-order valence-electron chi connectivity index (χ2n) is 7.57. The number of hydrogen-bond acceptors (Lipinski definition) is 2. The highest BCUT2D eigenvalue weighted by atomic mass is 127. The topological polar surface area (TPSA) is 70.0 Å². The largest absolute Gasteiger partial charge is 0.361 e. The van der Waals surface area contributed by atoms with Crippen molar-refractivity contribution < 1.29 is 4.39 Å².